The van der Waals surface area contributed by atoms with Gasteiger partial charge in [0.1, 0.15) is 11.5 Å². The third-order valence-electron chi connectivity index (χ3n) is 4.33. The summed E-state index contributed by atoms with van der Waals surface area (Å²) in [6.45, 7) is 0. The fraction of sp³-hybridized carbons (Fsp3) is 0. The maximum absolute atomic E-state index is 13.5. The van der Waals surface area contributed by atoms with Crippen molar-refractivity contribution in [3.05, 3.63) is 105 Å². The van der Waals surface area contributed by atoms with Gasteiger partial charge in [-0.2, -0.15) is 0 Å². The monoisotopic (exact) mass is 422 g/mol. The zero-order valence-electron chi connectivity index (χ0n) is 15.2. The van der Waals surface area contributed by atoms with Gasteiger partial charge in [-0.05, 0) is 36.4 Å². The number of hydrogen-bond donors (Lipinski definition) is 0. The first-order valence-electron chi connectivity index (χ1n) is 8.71. The molecule has 0 atom stereocenters. The first-order valence-corrected chi connectivity index (χ1v) is 9.09. The molecule has 1 aromatic heterocycles. The van der Waals surface area contributed by atoms with Gasteiger partial charge < -0.3 is 0 Å². The lowest BCUT2D eigenvalue weighted by molar-refractivity contribution is -0.384. The van der Waals surface area contributed by atoms with Crippen LogP contribution >= 0.6 is 11.6 Å². The normalized spacial score (nSPS) is 10.7. The van der Waals surface area contributed by atoms with Crippen LogP contribution in [0.15, 0.2) is 72.8 Å². The Kier molecular flexibility index (Phi) is 5.07. The van der Waals surface area contributed by atoms with E-state index in [9.17, 15) is 19.3 Å². The third kappa shape index (κ3) is 3.68. The van der Waals surface area contributed by atoms with E-state index in [-0.39, 0.29) is 17.1 Å². The Labute approximate surface area is 174 Å². The number of nitro benzene ring substituents is 1. The van der Waals surface area contributed by atoms with Crippen LogP contribution in [0.5, 0.6) is 0 Å². The van der Waals surface area contributed by atoms with E-state index in [1.165, 1.54) is 6.07 Å². The largest absolute Gasteiger partial charge is 0.299 e. The van der Waals surface area contributed by atoms with Gasteiger partial charge in [0.15, 0.2) is 11.4 Å². The van der Waals surface area contributed by atoms with E-state index < -0.39 is 22.2 Å². The van der Waals surface area contributed by atoms with E-state index in [4.69, 9.17) is 11.6 Å². The van der Waals surface area contributed by atoms with Crippen LogP contribution in [-0.2, 0) is 0 Å². The lowest BCUT2D eigenvalue weighted by atomic mass is 10.0. The molecule has 3 aromatic carbocycles. The maximum Gasteiger partial charge on any atom is 0.299 e. The van der Waals surface area contributed by atoms with Crippen LogP contribution in [0.25, 0.3) is 16.9 Å². The molecule has 0 aliphatic heterocycles. The number of ketones is 1. The molecular formula is C21H12ClFN4O3. The Morgan fingerprint density at radius 2 is 1.70 bits per heavy atom. The highest BCUT2D eigenvalue weighted by Gasteiger charge is 2.25. The standard InChI is InChI=1S/C21H12ClFN4O3/c22-15-8-6-14(7-9-15)21(28)20-19(13-4-2-1-3-5-13)24-26(25-20)17-11-10-16(23)12-18(17)27(29)30/h1-12H. The molecule has 30 heavy (non-hydrogen) atoms. The Balaban J connectivity index is 1.91. The van der Waals surface area contributed by atoms with Crippen molar-refractivity contribution in [2.75, 3.05) is 0 Å². The lowest BCUT2D eigenvalue weighted by Gasteiger charge is -2.01. The number of halogens is 2. The summed E-state index contributed by atoms with van der Waals surface area (Å²) in [6.07, 6.45) is 0. The van der Waals surface area contributed by atoms with Gasteiger partial charge in [0.25, 0.3) is 5.69 Å². The number of carbonyl (C=O) groups excluding carboxylic acids is 1. The summed E-state index contributed by atoms with van der Waals surface area (Å²) >= 11 is 5.90. The van der Waals surface area contributed by atoms with Gasteiger partial charge in [-0.25, -0.2) is 4.39 Å². The molecule has 0 saturated heterocycles. The molecule has 0 spiro atoms. The molecule has 148 valence electrons. The number of nitro groups is 1. The summed E-state index contributed by atoms with van der Waals surface area (Å²) in [6, 6.07) is 18.1. The average molecular weight is 423 g/mol. The summed E-state index contributed by atoms with van der Waals surface area (Å²) in [5.74, 6) is -1.19. The van der Waals surface area contributed by atoms with Crippen LogP contribution in [0.3, 0.4) is 0 Å². The number of benzene rings is 3. The second-order valence-electron chi connectivity index (χ2n) is 6.28. The molecule has 0 unspecified atom stereocenters. The van der Waals surface area contributed by atoms with Crippen molar-refractivity contribution >= 4 is 23.1 Å². The summed E-state index contributed by atoms with van der Waals surface area (Å²) in [7, 11) is 0. The molecule has 0 saturated carbocycles. The van der Waals surface area contributed by atoms with Crippen LogP contribution in [0.2, 0.25) is 5.02 Å². The van der Waals surface area contributed by atoms with Gasteiger partial charge in [-0.1, -0.05) is 41.9 Å². The van der Waals surface area contributed by atoms with Crippen LogP contribution in [0.4, 0.5) is 10.1 Å². The summed E-state index contributed by atoms with van der Waals surface area (Å²) < 4.78 is 13.5. The molecule has 0 N–H and O–H groups in total. The molecule has 1 heterocycles. The van der Waals surface area contributed by atoms with E-state index in [0.717, 1.165) is 16.9 Å². The number of nitrogens with zero attached hydrogens (tertiary/aromatic N) is 4. The topological polar surface area (TPSA) is 90.9 Å². The van der Waals surface area contributed by atoms with Crippen molar-refractivity contribution in [2.24, 2.45) is 0 Å². The predicted molar refractivity (Wildman–Crippen MR) is 108 cm³/mol. The molecule has 0 bridgehead atoms. The van der Waals surface area contributed by atoms with Crippen molar-refractivity contribution in [1.82, 2.24) is 15.0 Å². The number of carbonyl (C=O) groups is 1. The zero-order valence-corrected chi connectivity index (χ0v) is 16.0. The fourth-order valence-corrected chi connectivity index (χ4v) is 3.03. The van der Waals surface area contributed by atoms with E-state index in [1.54, 1.807) is 54.6 Å². The van der Waals surface area contributed by atoms with E-state index >= 15 is 0 Å². The second kappa shape index (κ2) is 7.84. The Morgan fingerprint density at radius 1 is 1.00 bits per heavy atom. The van der Waals surface area contributed by atoms with Gasteiger partial charge in [0.05, 0.1) is 11.0 Å². The maximum atomic E-state index is 13.5. The summed E-state index contributed by atoms with van der Waals surface area (Å²) in [5, 5.41) is 20.4. The Hall–Kier alpha value is -3.91. The van der Waals surface area contributed by atoms with E-state index in [1.807, 2.05) is 0 Å². The number of hydrogen-bond acceptors (Lipinski definition) is 5. The average Bonchev–Trinajstić information content (AvgIpc) is 3.19. The quantitative estimate of drug-likeness (QED) is 0.260. The smallest absolute Gasteiger partial charge is 0.287 e. The molecule has 0 radical (unpaired) electrons. The zero-order chi connectivity index (χ0) is 21.3. The van der Waals surface area contributed by atoms with Crippen LogP contribution in [-0.4, -0.2) is 25.7 Å². The highest BCUT2D eigenvalue weighted by atomic mass is 35.5. The number of rotatable bonds is 5. The summed E-state index contributed by atoms with van der Waals surface area (Å²) in [4.78, 5) is 24.7. The van der Waals surface area contributed by atoms with Crippen molar-refractivity contribution in [3.63, 3.8) is 0 Å². The minimum atomic E-state index is -0.765. The minimum absolute atomic E-state index is 0.00199. The Bertz CT molecular complexity index is 1260. The molecule has 4 aromatic rings. The van der Waals surface area contributed by atoms with Gasteiger partial charge in [-0.3, -0.25) is 14.9 Å². The predicted octanol–water partition coefficient (Wildman–Crippen LogP) is 4.87. The molecule has 7 nitrogen and oxygen atoms in total. The van der Waals surface area contributed by atoms with Crippen molar-refractivity contribution in [3.8, 4) is 16.9 Å². The van der Waals surface area contributed by atoms with Crippen LogP contribution in [0.1, 0.15) is 16.1 Å². The van der Waals surface area contributed by atoms with Gasteiger partial charge >= 0.3 is 0 Å². The molecule has 0 aliphatic rings. The molecule has 0 fully saturated rings. The number of aromatic nitrogens is 3. The van der Waals surface area contributed by atoms with Crippen molar-refractivity contribution in [1.29, 1.82) is 0 Å². The summed E-state index contributed by atoms with van der Waals surface area (Å²) in [5.41, 5.74) is 0.600. The molecule has 0 amide bonds. The van der Waals surface area contributed by atoms with Crippen LogP contribution < -0.4 is 0 Å². The minimum Gasteiger partial charge on any atom is -0.287 e. The molecule has 4 rings (SSSR count). The second-order valence-corrected chi connectivity index (χ2v) is 6.72. The van der Waals surface area contributed by atoms with Crippen molar-refractivity contribution < 1.29 is 14.1 Å². The van der Waals surface area contributed by atoms with Gasteiger partial charge in [-0.15, -0.1) is 15.0 Å². The molecular weight excluding hydrogens is 411 g/mol. The van der Waals surface area contributed by atoms with Crippen molar-refractivity contribution in [2.45, 2.75) is 0 Å². The molecule has 0 aliphatic carbocycles. The van der Waals surface area contributed by atoms with Crippen LogP contribution in [0, 0.1) is 15.9 Å². The first-order chi connectivity index (χ1) is 14.4. The van der Waals surface area contributed by atoms with Gasteiger partial charge in [0, 0.05) is 16.1 Å². The SMILES string of the molecule is O=C(c1ccc(Cl)cc1)c1nn(-c2ccc(F)cc2[N+](=O)[O-])nc1-c1ccccc1. The van der Waals surface area contributed by atoms with Gasteiger partial charge in [0.2, 0.25) is 5.78 Å². The lowest BCUT2D eigenvalue weighted by Crippen LogP contribution is -2.07. The fourth-order valence-electron chi connectivity index (χ4n) is 2.91. The molecule has 9 heteroatoms. The first kappa shape index (κ1) is 19.4. The van der Waals surface area contributed by atoms with E-state index in [2.05, 4.69) is 10.2 Å². The highest BCUT2D eigenvalue weighted by molar-refractivity contribution is 6.30. The highest BCUT2D eigenvalue weighted by Crippen LogP contribution is 2.27. The Morgan fingerprint density at radius 3 is 2.37 bits per heavy atom. The van der Waals surface area contributed by atoms with E-state index in [0.29, 0.717) is 16.1 Å². The third-order valence-corrected chi connectivity index (χ3v) is 4.58.